The Labute approximate surface area is 212 Å². The Bertz CT molecular complexity index is 1260. The molecule has 184 valence electrons. The number of rotatable bonds is 7. The monoisotopic (exact) mass is 505 g/mol. The molecule has 0 spiro atoms. The Kier molecular flexibility index (Phi) is 8.12. The van der Waals surface area contributed by atoms with Gasteiger partial charge >= 0.3 is 5.97 Å². The highest BCUT2D eigenvalue weighted by molar-refractivity contribution is 8.15. The van der Waals surface area contributed by atoms with Gasteiger partial charge in [-0.05, 0) is 61.0 Å². The summed E-state index contributed by atoms with van der Waals surface area (Å²) in [6.07, 6.45) is -0.0214. The Balaban J connectivity index is 1.52. The fourth-order valence-electron chi connectivity index (χ4n) is 3.51. The smallest absolute Gasteiger partial charge is 0.338 e. The van der Waals surface area contributed by atoms with E-state index < -0.39 is 11.2 Å². The van der Waals surface area contributed by atoms with Crippen molar-refractivity contribution >= 4 is 46.1 Å². The standard InChI is InChI=1S/C27H24FN3O4S/c1-2-35-26(34)19-10-14-22(15-11-19)29-25(33)23-16-24(32)31(17-18-8-12-20(28)13-9-18)27(36-23)30-21-6-4-3-5-7-21/h3-15,23H,2,16-17H2,1H3,(H,29,33). The fraction of sp³-hybridized carbons (Fsp3) is 0.185. The number of anilines is 1. The quantitative estimate of drug-likeness (QED) is 0.448. The van der Waals surface area contributed by atoms with Crippen LogP contribution in [-0.4, -0.2) is 39.7 Å². The van der Waals surface area contributed by atoms with Crippen LogP contribution in [0.1, 0.15) is 29.3 Å². The van der Waals surface area contributed by atoms with E-state index in [9.17, 15) is 18.8 Å². The van der Waals surface area contributed by atoms with Crippen molar-refractivity contribution in [3.8, 4) is 0 Å². The molecule has 3 aromatic carbocycles. The molecule has 0 bridgehead atoms. The van der Waals surface area contributed by atoms with Gasteiger partial charge in [0.15, 0.2) is 5.17 Å². The van der Waals surface area contributed by atoms with Gasteiger partial charge in [0.25, 0.3) is 0 Å². The van der Waals surface area contributed by atoms with E-state index >= 15 is 0 Å². The number of amidine groups is 1. The van der Waals surface area contributed by atoms with Crippen molar-refractivity contribution < 1.29 is 23.5 Å². The number of hydrogen-bond acceptors (Lipinski definition) is 6. The van der Waals surface area contributed by atoms with Crippen LogP contribution in [0.25, 0.3) is 0 Å². The second-order valence-electron chi connectivity index (χ2n) is 7.93. The van der Waals surface area contributed by atoms with Crippen LogP contribution in [0.3, 0.4) is 0 Å². The van der Waals surface area contributed by atoms with Gasteiger partial charge in [-0.25, -0.2) is 14.2 Å². The molecule has 0 saturated carbocycles. The highest BCUT2D eigenvalue weighted by Gasteiger charge is 2.36. The third kappa shape index (κ3) is 6.37. The molecule has 1 fully saturated rings. The van der Waals surface area contributed by atoms with Crippen LogP contribution in [0.2, 0.25) is 0 Å². The van der Waals surface area contributed by atoms with Crippen molar-refractivity contribution in [2.24, 2.45) is 4.99 Å². The van der Waals surface area contributed by atoms with Gasteiger partial charge in [-0.1, -0.05) is 42.1 Å². The molecule has 0 aliphatic carbocycles. The molecule has 4 rings (SSSR count). The Hall–Kier alpha value is -3.98. The molecule has 1 N–H and O–H groups in total. The molecule has 0 radical (unpaired) electrons. The van der Waals surface area contributed by atoms with Gasteiger partial charge in [0.2, 0.25) is 11.8 Å². The number of nitrogens with zero attached hydrogens (tertiary/aromatic N) is 2. The summed E-state index contributed by atoms with van der Waals surface area (Å²) in [5, 5.41) is 2.49. The number of amides is 2. The molecule has 2 amide bonds. The zero-order valence-electron chi connectivity index (χ0n) is 19.5. The number of thioether (sulfide) groups is 1. The number of ether oxygens (including phenoxy) is 1. The average molecular weight is 506 g/mol. The molecular weight excluding hydrogens is 481 g/mol. The maximum Gasteiger partial charge on any atom is 0.338 e. The normalized spacial score (nSPS) is 16.6. The van der Waals surface area contributed by atoms with Crippen LogP contribution in [0, 0.1) is 5.82 Å². The number of benzene rings is 3. The van der Waals surface area contributed by atoms with Crippen molar-refractivity contribution in [3.63, 3.8) is 0 Å². The van der Waals surface area contributed by atoms with Gasteiger partial charge in [0, 0.05) is 12.1 Å². The minimum absolute atomic E-state index is 0.0214. The van der Waals surface area contributed by atoms with Crippen molar-refractivity contribution in [2.45, 2.75) is 25.1 Å². The summed E-state index contributed by atoms with van der Waals surface area (Å²) in [6, 6.07) is 21.4. The van der Waals surface area contributed by atoms with E-state index in [2.05, 4.69) is 10.3 Å². The van der Waals surface area contributed by atoms with Gasteiger partial charge < -0.3 is 10.1 Å². The summed E-state index contributed by atoms with van der Waals surface area (Å²) >= 11 is 1.20. The van der Waals surface area contributed by atoms with E-state index in [0.29, 0.717) is 22.1 Å². The van der Waals surface area contributed by atoms with Crippen molar-refractivity contribution in [1.29, 1.82) is 0 Å². The van der Waals surface area contributed by atoms with E-state index in [-0.39, 0.29) is 37.2 Å². The molecule has 9 heteroatoms. The molecule has 1 aliphatic rings. The van der Waals surface area contributed by atoms with E-state index in [0.717, 1.165) is 5.56 Å². The molecule has 1 unspecified atom stereocenters. The number of carbonyl (C=O) groups is 3. The summed E-state index contributed by atoms with van der Waals surface area (Å²) in [5.74, 6) is -1.40. The molecule has 1 heterocycles. The number of esters is 1. The number of para-hydroxylation sites is 1. The lowest BCUT2D eigenvalue weighted by Gasteiger charge is -2.32. The van der Waals surface area contributed by atoms with Crippen LogP contribution < -0.4 is 5.32 Å². The van der Waals surface area contributed by atoms with E-state index in [1.807, 2.05) is 30.3 Å². The third-order valence-corrected chi connectivity index (χ3v) is 6.52. The maximum absolute atomic E-state index is 13.3. The van der Waals surface area contributed by atoms with Gasteiger partial charge in [-0.15, -0.1) is 0 Å². The number of halogens is 1. The second-order valence-corrected chi connectivity index (χ2v) is 9.10. The minimum atomic E-state index is -0.700. The predicted octanol–water partition coefficient (Wildman–Crippen LogP) is 5.16. The van der Waals surface area contributed by atoms with Gasteiger partial charge in [0.1, 0.15) is 11.1 Å². The van der Waals surface area contributed by atoms with Crippen LogP contribution in [0.15, 0.2) is 83.9 Å². The molecule has 7 nitrogen and oxygen atoms in total. The summed E-state index contributed by atoms with van der Waals surface area (Å²) in [4.78, 5) is 44.2. The topological polar surface area (TPSA) is 88.1 Å². The molecule has 3 aromatic rings. The summed E-state index contributed by atoms with van der Waals surface area (Å²) in [6.45, 7) is 2.21. The van der Waals surface area contributed by atoms with Crippen LogP contribution in [0.5, 0.6) is 0 Å². The Morgan fingerprint density at radius 2 is 1.75 bits per heavy atom. The van der Waals surface area contributed by atoms with Crippen molar-refractivity contribution in [3.05, 3.63) is 95.8 Å². The molecule has 1 aliphatic heterocycles. The van der Waals surface area contributed by atoms with Crippen LogP contribution in [0.4, 0.5) is 15.8 Å². The van der Waals surface area contributed by atoms with Crippen LogP contribution >= 0.6 is 11.8 Å². The zero-order chi connectivity index (χ0) is 25.5. The summed E-state index contributed by atoms with van der Waals surface area (Å²) in [5.41, 5.74) is 2.27. The first kappa shape index (κ1) is 25.1. The molecule has 1 saturated heterocycles. The van der Waals surface area contributed by atoms with Gasteiger partial charge in [-0.3, -0.25) is 14.5 Å². The van der Waals surface area contributed by atoms with Crippen LogP contribution in [-0.2, 0) is 20.9 Å². The number of aliphatic imine (C=N–C) groups is 1. The molecule has 36 heavy (non-hydrogen) atoms. The SMILES string of the molecule is CCOC(=O)c1ccc(NC(=O)C2CC(=O)N(Cc3ccc(F)cc3)C(=Nc3ccccc3)S2)cc1. The van der Waals surface area contributed by atoms with Crippen molar-refractivity contribution in [2.75, 3.05) is 11.9 Å². The number of hydrogen-bond donors (Lipinski definition) is 1. The maximum atomic E-state index is 13.3. The first-order chi connectivity index (χ1) is 17.4. The predicted molar refractivity (Wildman–Crippen MR) is 138 cm³/mol. The highest BCUT2D eigenvalue weighted by Crippen LogP contribution is 2.31. The van der Waals surface area contributed by atoms with E-state index in [4.69, 9.17) is 4.74 Å². The lowest BCUT2D eigenvalue weighted by atomic mass is 10.1. The Morgan fingerprint density at radius 3 is 2.42 bits per heavy atom. The lowest BCUT2D eigenvalue weighted by molar-refractivity contribution is -0.129. The number of nitrogens with one attached hydrogen (secondary N) is 1. The average Bonchev–Trinajstić information content (AvgIpc) is 2.88. The summed E-state index contributed by atoms with van der Waals surface area (Å²) < 4.78 is 18.3. The minimum Gasteiger partial charge on any atom is -0.462 e. The highest BCUT2D eigenvalue weighted by atomic mass is 32.2. The molecule has 1 atom stereocenters. The Morgan fingerprint density at radius 1 is 1.06 bits per heavy atom. The van der Waals surface area contributed by atoms with E-state index in [1.165, 1.54) is 28.8 Å². The lowest BCUT2D eigenvalue weighted by Crippen LogP contribution is -2.44. The zero-order valence-corrected chi connectivity index (χ0v) is 20.3. The van der Waals surface area contributed by atoms with Crippen molar-refractivity contribution in [1.82, 2.24) is 4.90 Å². The van der Waals surface area contributed by atoms with Gasteiger partial charge in [-0.2, -0.15) is 0 Å². The van der Waals surface area contributed by atoms with E-state index in [1.54, 1.807) is 43.3 Å². The summed E-state index contributed by atoms with van der Waals surface area (Å²) in [7, 11) is 0. The molecular formula is C27H24FN3O4S. The first-order valence-corrected chi connectivity index (χ1v) is 12.2. The van der Waals surface area contributed by atoms with Gasteiger partial charge in [0.05, 0.1) is 24.4 Å². The third-order valence-electron chi connectivity index (χ3n) is 5.33. The first-order valence-electron chi connectivity index (χ1n) is 11.4. The second kappa shape index (κ2) is 11.6. The molecule has 0 aromatic heterocycles. The largest absolute Gasteiger partial charge is 0.462 e. The number of carbonyl (C=O) groups excluding carboxylic acids is 3. The fourth-order valence-corrected chi connectivity index (χ4v) is 4.61.